The monoisotopic (exact) mass is 1900 g/mol. The van der Waals surface area contributed by atoms with Crippen molar-refractivity contribution < 1.29 is 259 Å². The maximum Gasteiger partial charge on any atom is 0.187 e. The van der Waals surface area contributed by atoms with Gasteiger partial charge in [-0.25, -0.2) is 0 Å². The fourth-order valence-electron chi connectivity index (χ4n) is 18.2. The minimum Gasteiger partial charge on any atom is -0.394 e. The van der Waals surface area contributed by atoms with Crippen LogP contribution in [0.3, 0.4) is 0 Å². The van der Waals surface area contributed by atoms with Gasteiger partial charge in [-0.05, 0) is 37.5 Å². The molecule has 12 aliphatic rings. The van der Waals surface area contributed by atoms with E-state index in [0.717, 1.165) is 12.2 Å². The molecule has 9 aliphatic heterocycles. The summed E-state index contributed by atoms with van der Waals surface area (Å²) in [6.07, 6.45) is -93.1. The molecule has 9 saturated heterocycles. The molecule has 12 rings (SSSR count). The molecule has 0 saturated carbocycles. The van der Waals surface area contributed by atoms with Crippen LogP contribution in [0.5, 0.6) is 0 Å². The van der Waals surface area contributed by atoms with Gasteiger partial charge in [-0.1, -0.05) is 18.2 Å². The molecule has 9 heterocycles. The van der Waals surface area contributed by atoms with Gasteiger partial charge in [0.1, 0.15) is 238 Å². The fraction of sp³-hybridized carbons (Fsp3) is 0.920. The molecule has 57 atom stereocenters. The maximum absolute atomic E-state index is 11.7. The maximum atomic E-state index is 11.7. The van der Waals surface area contributed by atoms with E-state index < -0.39 is 409 Å². The first-order chi connectivity index (χ1) is 61.6. The lowest BCUT2D eigenvalue weighted by Gasteiger charge is -2.50. The van der Waals surface area contributed by atoms with Crippen LogP contribution in [0, 0.1) is 0 Å². The van der Waals surface area contributed by atoms with Gasteiger partial charge < -0.3 is 275 Å². The van der Waals surface area contributed by atoms with Gasteiger partial charge in [0.15, 0.2) is 56.6 Å². The van der Waals surface area contributed by atoms with E-state index in [1.165, 1.54) is 26.8 Å². The van der Waals surface area contributed by atoms with E-state index in [4.69, 9.17) is 80.5 Å². The van der Waals surface area contributed by atoms with Crippen LogP contribution in [0.25, 0.3) is 0 Å². The first kappa shape index (κ1) is 106. The summed E-state index contributed by atoms with van der Waals surface area (Å²) < 4.78 is 97.5. The second kappa shape index (κ2) is 45.1. The van der Waals surface area contributed by atoms with Gasteiger partial charge in [0.25, 0.3) is 0 Å². The van der Waals surface area contributed by atoms with Crippen molar-refractivity contribution in [3.63, 3.8) is 0 Å². The summed E-state index contributed by atoms with van der Waals surface area (Å²) >= 11 is 0. The van der Waals surface area contributed by atoms with Gasteiger partial charge in [-0.3, -0.25) is 0 Å². The molecule has 3 aliphatic carbocycles. The van der Waals surface area contributed by atoms with E-state index in [0.29, 0.717) is 0 Å². The molecule has 0 amide bonds. The van der Waals surface area contributed by atoms with E-state index in [-0.39, 0.29) is 16.7 Å². The highest BCUT2D eigenvalue weighted by molar-refractivity contribution is 5.26. The van der Waals surface area contributed by atoms with E-state index in [2.05, 4.69) is 16.0 Å². The number of aliphatic hydroxyl groups is 35. The summed E-state index contributed by atoms with van der Waals surface area (Å²) in [4.78, 5) is 0. The Morgan fingerprint density at radius 3 is 0.677 bits per heavy atom. The summed E-state index contributed by atoms with van der Waals surface area (Å²) in [6, 6.07) is -8.16. The average molecular weight is 1900 g/mol. The zero-order valence-corrected chi connectivity index (χ0v) is 69.6. The first-order valence-corrected chi connectivity index (χ1v) is 42.3. The smallest absolute Gasteiger partial charge is 0.187 e. The summed E-state index contributed by atoms with van der Waals surface area (Å²) in [5.41, 5.74) is -0.496. The van der Waals surface area contributed by atoms with Gasteiger partial charge in [0.05, 0.1) is 114 Å². The lowest BCUT2D eigenvalue weighted by atomic mass is 9.86. The lowest BCUT2D eigenvalue weighted by Crippen LogP contribution is -2.69. The Labute approximate surface area is 737 Å². The zero-order valence-electron chi connectivity index (χ0n) is 69.6. The average Bonchev–Trinajstić information content (AvgIpc) is 0.772. The molecule has 38 N–H and O–H groups in total. The van der Waals surface area contributed by atoms with Crippen molar-refractivity contribution in [3.8, 4) is 0 Å². The van der Waals surface area contributed by atoms with Crippen LogP contribution < -0.4 is 16.0 Å². The van der Waals surface area contributed by atoms with Crippen LogP contribution in [-0.2, 0) is 80.5 Å². The molecule has 752 valence electrons. The highest BCUT2D eigenvalue weighted by atomic mass is 16.8. The number of hydrogen-bond acceptors (Lipinski definition) is 55. The SMILES string of the molecule is C[C@H]1O[C@@H](OC2[C@@H](CO)O[C@H](O[C@@H]3C(CO)=C[C@@H](N[C@H]4[C@H](O)[C@@H](O)[C@@H](O[C@H]5[C@H](O)[C@@H](O)[C@H](O[C@H]6[C@H](O)[C@@H](O)[C@@H](O[C@H]7[C@H](O)[C@@H](O)[C@H](O[C@H]8[C@H](O)[C@@H](O)[C@@H](O)O[C@@H]8CO)O[C@@H]7CO)O[C@@H]6CO)O[C@@H]5CO)O[C@@H]4C)[C@H](O)[C@H]3O)[C@H](O)[C@H]2O)[C@H](O)[C@@H](O)[C@@H]1N[C@H]1C=C(CO)[C@@H](O[C@@H]2O[C@H](CO)[C@@H](O[C@H]3O[C@H](C)[C@@H](N[C@@H]4C=C(CO)[C@@H](O)[C@H](O)[C@H]4O)[C@H](O)[C@H]3O)[C@H](O)[C@H]2O)[C@H](O)[C@H]1O. The molecule has 0 radical (unpaired) electrons. The largest absolute Gasteiger partial charge is 0.394 e. The number of hydrogen-bond donors (Lipinski definition) is 38. The second-order valence-corrected chi connectivity index (χ2v) is 34.3. The molecule has 0 aromatic heterocycles. The van der Waals surface area contributed by atoms with E-state index >= 15 is 0 Å². The van der Waals surface area contributed by atoms with Gasteiger partial charge >= 0.3 is 0 Å². The Morgan fingerprint density at radius 1 is 0.223 bits per heavy atom. The number of aliphatic hydroxyl groups excluding tert-OH is 35. The molecule has 55 nitrogen and oxygen atoms in total. The molecule has 0 bridgehead atoms. The second-order valence-electron chi connectivity index (χ2n) is 34.3. The summed E-state index contributed by atoms with van der Waals surface area (Å²) in [5, 5.41) is 392. The van der Waals surface area contributed by atoms with Crippen LogP contribution in [0.15, 0.2) is 34.9 Å². The van der Waals surface area contributed by atoms with Crippen molar-refractivity contribution >= 4 is 0 Å². The topological polar surface area (TPSA) is 901 Å². The van der Waals surface area contributed by atoms with Gasteiger partial charge in [0.2, 0.25) is 0 Å². The van der Waals surface area contributed by atoms with Crippen molar-refractivity contribution in [2.75, 3.05) is 59.5 Å². The van der Waals surface area contributed by atoms with Crippen LogP contribution in [0.4, 0.5) is 0 Å². The molecule has 0 aromatic carbocycles. The van der Waals surface area contributed by atoms with Crippen molar-refractivity contribution in [1.29, 1.82) is 0 Å². The molecule has 0 aromatic rings. The van der Waals surface area contributed by atoms with Crippen LogP contribution >= 0.6 is 0 Å². The Hall–Kier alpha value is -2.98. The zero-order chi connectivity index (χ0) is 95.3. The number of ether oxygens (including phenoxy) is 17. The molecule has 130 heavy (non-hydrogen) atoms. The molecule has 55 heteroatoms. The summed E-state index contributed by atoms with van der Waals surface area (Å²) in [5.74, 6) is 0. The number of rotatable bonds is 31. The minimum atomic E-state index is -2.23. The molecule has 9 fully saturated rings. The van der Waals surface area contributed by atoms with E-state index in [1.54, 1.807) is 0 Å². The predicted molar refractivity (Wildman–Crippen MR) is 407 cm³/mol. The Kier molecular flexibility index (Phi) is 36.7. The molecule has 0 spiro atoms. The van der Waals surface area contributed by atoms with Crippen LogP contribution in [-0.4, -0.2) is 587 Å². The normalized spacial score (nSPS) is 52.9. The van der Waals surface area contributed by atoms with Gasteiger partial charge in [-0.2, -0.15) is 0 Å². The third-order valence-corrected chi connectivity index (χ3v) is 25.9. The Bertz CT molecular complexity index is 3610. The minimum absolute atomic E-state index is 0.0485. The summed E-state index contributed by atoms with van der Waals surface area (Å²) in [7, 11) is 0. The predicted octanol–water partition coefficient (Wildman–Crippen LogP) is -23.6. The third-order valence-electron chi connectivity index (χ3n) is 25.9. The third kappa shape index (κ3) is 21.5. The Morgan fingerprint density at radius 2 is 0.431 bits per heavy atom. The van der Waals surface area contributed by atoms with Crippen molar-refractivity contribution in [1.82, 2.24) is 16.0 Å². The van der Waals surface area contributed by atoms with Crippen LogP contribution in [0.1, 0.15) is 20.8 Å². The first-order valence-electron chi connectivity index (χ1n) is 42.3. The van der Waals surface area contributed by atoms with Crippen LogP contribution in [0.2, 0.25) is 0 Å². The highest BCUT2D eigenvalue weighted by Crippen LogP contribution is 2.41. The number of nitrogens with one attached hydrogen (secondary N) is 3. The van der Waals surface area contributed by atoms with Crippen molar-refractivity contribution in [2.24, 2.45) is 0 Å². The Balaban J connectivity index is 0.604. The summed E-state index contributed by atoms with van der Waals surface area (Å²) in [6.45, 7) is -4.58. The van der Waals surface area contributed by atoms with E-state index in [1.807, 2.05) is 0 Å². The van der Waals surface area contributed by atoms with Gasteiger partial charge in [-0.15, -0.1) is 0 Å². The molecular weight excluding hydrogens is 1770 g/mol. The quantitative estimate of drug-likeness (QED) is 0.0287. The standard InChI is InChI=1S/C75H125N3O52/c1-16-31(76-22-4-19(7-79)34(88)41(95)35(22)89)38(92)51(105)68(114-16)125-62-26(11-83)118-71(54(108)45(62)99)123-59-20(8-80)5-23(36(90)42(59)96)77-32-17(2)115-69(52(106)39(32)93)126-63-27(12-84)119-72(55(109)46(63)100)124-60-21(9-81)6-24(37(91)43(60)97)78-33-18(3)116-70(53(107)40(33)94)127-64-28(13-85)120-74(56(110)47(64)101)129-66-30(15-87)122-75(58(112)49(66)103)130-65-29(14-86)121-73(57(111)48(65)102)128-61-25(10-82)117-67(113)50(104)44(61)98/h4-6,16-18,22-113H,7-15H2,1-3H3/t16-,17-,18-,22-,23+,24-,25-,26-,27-,28-,29-,30-,31-,32-,33-,34-,35+,36+,37+,38+,39+,40+,41+,42-,43-,44-,45-,46-,47-,48-,49-,50-,51-,52-,53-,54-,55-,56-,57-,58-,59-,60-,61-,62-,63?,64-,65-,66-,67+,68-,69+,70-,71+,72-,73+,74+,75-/m1/s1. The van der Waals surface area contributed by atoms with Crippen molar-refractivity contribution in [3.05, 3.63) is 34.9 Å². The fourth-order valence-corrected chi connectivity index (χ4v) is 18.2. The van der Waals surface area contributed by atoms with Gasteiger partial charge in [0, 0.05) is 0 Å². The highest BCUT2D eigenvalue weighted by Gasteiger charge is 2.61. The molecule has 1 unspecified atom stereocenters. The lowest BCUT2D eigenvalue weighted by molar-refractivity contribution is -0.391. The van der Waals surface area contributed by atoms with E-state index in [9.17, 15) is 179 Å². The van der Waals surface area contributed by atoms with Crippen molar-refractivity contribution in [2.45, 2.75) is 370 Å². The molecular formula is C75H125N3O52.